The molecule has 0 N–H and O–H groups in total. The van der Waals surface area contributed by atoms with E-state index in [1.165, 1.54) is 42.7 Å². The van der Waals surface area contributed by atoms with Crippen molar-refractivity contribution in [2.45, 2.75) is 38.1 Å². The maximum Gasteiger partial charge on any atom is 0.543 e. The molecule has 0 aliphatic rings. The summed E-state index contributed by atoms with van der Waals surface area (Å²) in [6.07, 6.45) is 2.75. The summed E-state index contributed by atoms with van der Waals surface area (Å²) in [6.45, 7) is 3.59. The van der Waals surface area contributed by atoms with Gasteiger partial charge in [-0.2, -0.15) is 0 Å². The fraction of sp³-hybridized carbons (Fsp3) is 0.750. The van der Waals surface area contributed by atoms with E-state index in [4.69, 9.17) is 36.0 Å². The molecular formula is C16H32O10Si2. The lowest BCUT2D eigenvalue weighted by Crippen LogP contribution is -2.56. The molecule has 2 atom stereocenters. The third-order valence-electron chi connectivity index (χ3n) is 4.11. The zero-order chi connectivity index (χ0) is 21.8. The van der Waals surface area contributed by atoms with Crippen LogP contribution in [0.4, 0.5) is 0 Å². The van der Waals surface area contributed by atoms with Crippen molar-refractivity contribution in [3.63, 3.8) is 0 Å². The van der Waals surface area contributed by atoms with E-state index in [0.29, 0.717) is 12.8 Å². The van der Waals surface area contributed by atoms with Gasteiger partial charge in [0, 0.05) is 54.8 Å². The van der Waals surface area contributed by atoms with Gasteiger partial charge in [-0.3, -0.25) is 0 Å². The van der Waals surface area contributed by atoms with Gasteiger partial charge in [0.05, 0.1) is 0 Å². The van der Waals surface area contributed by atoms with Gasteiger partial charge in [0.1, 0.15) is 0 Å². The summed E-state index contributed by atoms with van der Waals surface area (Å²) in [7, 11) is 2.18. The minimum absolute atomic E-state index is 0.410. The molecule has 0 fully saturated rings. The maximum absolute atomic E-state index is 12.1. The van der Waals surface area contributed by atoms with Crippen LogP contribution in [0.5, 0.6) is 0 Å². The van der Waals surface area contributed by atoms with Crippen molar-refractivity contribution in [3.8, 4) is 0 Å². The SMILES string of the molecule is CCC(OC(=O)/C=C\C(=O)OC(CC)[Si](OC)(OC)OC)[Si](OC)(OC)OC. The largest absolute Gasteiger partial charge is 0.543 e. The molecule has 0 aliphatic carbocycles. The van der Waals surface area contributed by atoms with Crippen LogP contribution < -0.4 is 0 Å². The number of esters is 2. The van der Waals surface area contributed by atoms with Gasteiger partial charge < -0.3 is 36.0 Å². The van der Waals surface area contributed by atoms with Crippen molar-refractivity contribution in [2.24, 2.45) is 0 Å². The van der Waals surface area contributed by atoms with Crippen molar-refractivity contribution in [3.05, 3.63) is 12.2 Å². The third-order valence-corrected chi connectivity index (χ3v) is 10.2. The van der Waals surface area contributed by atoms with Crippen molar-refractivity contribution in [2.75, 3.05) is 42.7 Å². The van der Waals surface area contributed by atoms with E-state index in [1.807, 2.05) is 0 Å². The number of hydrogen-bond donors (Lipinski definition) is 0. The summed E-state index contributed by atoms with van der Waals surface area (Å²) in [4.78, 5) is 24.2. The van der Waals surface area contributed by atoms with Crippen LogP contribution >= 0.6 is 0 Å². The van der Waals surface area contributed by atoms with Gasteiger partial charge in [0.2, 0.25) is 0 Å². The van der Waals surface area contributed by atoms with E-state index in [-0.39, 0.29) is 0 Å². The smallest absolute Gasteiger partial charge is 0.455 e. The molecule has 0 radical (unpaired) electrons. The molecule has 0 saturated carbocycles. The third kappa shape index (κ3) is 6.74. The number of rotatable bonds is 14. The molecule has 0 aromatic heterocycles. The highest BCUT2D eigenvalue weighted by atomic mass is 28.4. The van der Waals surface area contributed by atoms with Crippen LogP contribution in [0.2, 0.25) is 0 Å². The van der Waals surface area contributed by atoms with Crippen molar-refractivity contribution >= 4 is 29.5 Å². The summed E-state index contributed by atoms with van der Waals surface area (Å²) in [5.74, 6) is -1.51. The second-order valence-electron chi connectivity index (χ2n) is 5.43. The fourth-order valence-electron chi connectivity index (χ4n) is 2.59. The molecule has 0 bridgehead atoms. The Hall–Kier alpha value is -1.13. The quantitative estimate of drug-likeness (QED) is 0.221. The van der Waals surface area contributed by atoms with Gasteiger partial charge in [0.25, 0.3) is 0 Å². The van der Waals surface area contributed by atoms with Gasteiger partial charge in [-0.25, -0.2) is 9.59 Å². The van der Waals surface area contributed by atoms with Crippen LogP contribution in [-0.2, 0) is 45.6 Å². The molecule has 0 amide bonds. The second kappa shape index (κ2) is 13.2. The van der Waals surface area contributed by atoms with Crippen LogP contribution in [0.15, 0.2) is 12.2 Å². The number of ether oxygens (including phenoxy) is 2. The highest BCUT2D eigenvalue weighted by Crippen LogP contribution is 2.19. The Kier molecular flexibility index (Phi) is 12.6. The molecule has 0 aliphatic heterocycles. The zero-order valence-corrected chi connectivity index (χ0v) is 19.8. The van der Waals surface area contributed by atoms with Gasteiger partial charge in [0.15, 0.2) is 11.5 Å². The lowest BCUT2D eigenvalue weighted by Gasteiger charge is -2.31. The summed E-state index contributed by atoms with van der Waals surface area (Å²) >= 11 is 0. The van der Waals surface area contributed by atoms with Gasteiger partial charge in [-0.15, -0.1) is 0 Å². The molecule has 0 heterocycles. The average Bonchev–Trinajstić information content (AvgIpc) is 2.73. The van der Waals surface area contributed by atoms with E-state index in [0.717, 1.165) is 12.2 Å². The predicted octanol–water partition coefficient (Wildman–Crippen LogP) is 1.02. The van der Waals surface area contributed by atoms with Crippen LogP contribution in [0.25, 0.3) is 0 Å². The van der Waals surface area contributed by atoms with E-state index in [1.54, 1.807) is 13.8 Å². The Morgan fingerprint density at radius 3 is 1.07 bits per heavy atom. The number of carbonyl (C=O) groups is 2. The number of hydrogen-bond acceptors (Lipinski definition) is 10. The topological polar surface area (TPSA) is 108 Å². The summed E-state index contributed by atoms with van der Waals surface area (Å²) < 4.78 is 42.6. The maximum atomic E-state index is 12.1. The molecule has 2 unspecified atom stereocenters. The molecule has 0 aromatic rings. The van der Waals surface area contributed by atoms with E-state index >= 15 is 0 Å². The minimum atomic E-state index is -3.17. The van der Waals surface area contributed by atoms with Crippen LogP contribution in [-0.4, -0.2) is 83.7 Å². The summed E-state index contributed by atoms with van der Waals surface area (Å²) in [5.41, 5.74) is -1.45. The summed E-state index contributed by atoms with van der Waals surface area (Å²) in [6, 6.07) is 0. The molecule has 164 valence electrons. The Bertz CT molecular complexity index is 445. The first-order valence-corrected chi connectivity index (χ1v) is 12.3. The van der Waals surface area contributed by atoms with Crippen LogP contribution in [0.3, 0.4) is 0 Å². The zero-order valence-electron chi connectivity index (χ0n) is 17.8. The Morgan fingerprint density at radius 1 is 0.643 bits per heavy atom. The highest BCUT2D eigenvalue weighted by molar-refractivity contribution is 6.62. The van der Waals surface area contributed by atoms with Crippen LogP contribution in [0.1, 0.15) is 26.7 Å². The van der Waals surface area contributed by atoms with Gasteiger partial charge >= 0.3 is 29.5 Å². The molecule has 0 aromatic carbocycles. The Morgan fingerprint density at radius 2 is 0.893 bits per heavy atom. The minimum Gasteiger partial charge on any atom is -0.455 e. The first-order chi connectivity index (χ1) is 13.3. The summed E-state index contributed by atoms with van der Waals surface area (Å²) in [5, 5.41) is 0. The number of carbonyl (C=O) groups excluding carboxylic acids is 2. The molecule has 12 heteroatoms. The Labute approximate surface area is 168 Å². The van der Waals surface area contributed by atoms with Crippen molar-refractivity contribution in [1.82, 2.24) is 0 Å². The molecule has 0 saturated heterocycles. The van der Waals surface area contributed by atoms with Crippen LogP contribution in [0, 0.1) is 0 Å². The molecule has 0 rings (SSSR count). The normalized spacial score (nSPS) is 14.7. The van der Waals surface area contributed by atoms with Crippen molar-refractivity contribution < 1.29 is 45.6 Å². The first-order valence-electron chi connectivity index (χ1n) is 8.68. The standard InChI is InChI=1S/C16H32O10Si2/c1-9-15(27(19-3,20-4)21-5)25-13(17)11-12-14(18)26-16(10-2)28(22-6,23-7)24-8/h11-12,15-16H,9-10H2,1-8H3/b12-11-. The highest BCUT2D eigenvalue weighted by Gasteiger charge is 2.50. The molecule has 28 heavy (non-hydrogen) atoms. The lowest BCUT2D eigenvalue weighted by atomic mass is 10.4. The molecule has 10 nitrogen and oxygen atoms in total. The van der Waals surface area contributed by atoms with Gasteiger partial charge in [-0.05, 0) is 12.8 Å². The van der Waals surface area contributed by atoms with E-state index < -0.39 is 41.0 Å². The Balaban J connectivity index is 5.07. The van der Waals surface area contributed by atoms with Crippen molar-refractivity contribution in [1.29, 1.82) is 0 Å². The second-order valence-corrected chi connectivity index (χ2v) is 11.6. The molecular weight excluding hydrogens is 408 g/mol. The molecule has 0 spiro atoms. The fourth-order valence-corrected chi connectivity index (χ4v) is 6.69. The first kappa shape index (κ1) is 26.9. The predicted molar refractivity (Wildman–Crippen MR) is 103 cm³/mol. The monoisotopic (exact) mass is 440 g/mol. The van der Waals surface area contributed by atoms with E-state index in [9.17, 15) is 9.59 Å². The van der Waals surface area contributed by atoms with E-state index in [2.05, 4.69) is 0 Å². The lowest BCUT2D eigenvalue weighted by molar-refractivity contribution is -0.145. The van der Waals surface area contributed by atoms with Gasteiger partial charge in [-0.1, -0.05) is 13.8 Å². The average molecular weight is 441 g/mol.